The summed E-state index contributed by atoms with van der Waals surface area (Å²) >= 11 is 0. The lowest BCUT2D eigenvalue weighted by Gasteiger charge is -2.22. The van der Waals surface area contributed by atoms with Gasteiger partial charge in [-0.1, -0.05) is 0 Å². The van der Waals surface area contributed by atoms with Crippen LogP contribution in [0.15, 0.2) is 10.9 Å². The predicted octanol–water partition coefficient (Wildman–Crippen LogP) is 0.266. The van der Waals surface area contributed by atoms with Crippen molar-refractivity contribution in [1.82, 2.24) is 14.7 Å². The fourth-order valence-electron chi connectivity index (χ4n) is 2.25. The molecule has 0 saturated carbocycles. The minimum atomic E-state index is 0.0938. The zero-order valence-corrected chi connectivity index (χ0v) is 9.49. The first kappa shape index (κ1) is 10.5. The first-order valence-electron chi connectivity index (χ1n) is 5.61. The van der Waals surface area contributed by atoms with Crippen LogP contribution < -0.4 is 10.9 Å². The van der Waals surface area contributed by atoms with Crippen LogP contribution in [0, 0.1) is 5.92 Å². The third kappa shape index (κ3) is 2.15. The molecular weight excluding hydrogens is 190 g/mol. The Labute approximate surface area is 89.9 Å². The quantitative estimate of drug-likeness (QED) is 0.759. The van der Waals surface area contributed by atoms with E-state index in [0.717, 1.165) is 25.2 Å². The maximum atomic E-state index is 11.4. The third-order valence-electron chi connectivity index (χ3n) is 3.37. The van der Waals surface area contributed by atoms with Crippen LogP contribution >= 0.6 is 0 Å². The fraction of sp³-hybridized carbons (Fsp3) is 0.727. The van der Waals surface area contributed by atoms with Crippen LogP contribution in [0.3, 0.4) is 0 Å². The van der Waals surface area contributed by atoms with Gasteiger partial charge in [0.15, 0.2) is 0 Å². The van der Waals surface area contributed by atoms with Crippen molar-refractivity contribution in [3.8, 4) is 0 Å². The highest BCUT2D eigenvalue weighted by molar-refractivity contribution is 5.03. The van der Waals surface area contributed by atoms with E-state index in [0.29, 0.717) is 5.92 Å². The van der Waals surface area contributed by atoms with Crippen LogP contribution in [-0.2, 0) is 20.5 Å². The van der Waals surface area contributed by atoms with Gasteiger partial charge in [0.2, 0.25) is 0 Å². The predicted molar refractivity (Wildman–Crippen MR) is 60.0 cm³/mol. The van der Waals surface area contributed by atoms with Gasteiger partial charge in [-0.25, -0.2) is 0 Å². The first-order chi connectivity index (χ1) is 7.18. The Morgan fingerprint density at radius 3 is 2.80 bits per heavy atom. The molecule has 0 spiro atoms. The van der Waals surface area contributed by atoms with Crippen LogP contribution in [0.2, 0.25) is 0 Å². The van der Waals surface area contributed by atoms with Gasteiger partial charge in [-0.3, -0.25) is 14.2 Å². The third-order valence-corrected chi connectivity index (χ3v) is 3.37. The van der Waals surface area contributed by atoms with Crippen molar-refractivity contribution in [3.05, 3.63) is 22.1 Å². The molecule has 4 heteroatoms. The average molecular weight is 209 g/mol. The largest absolute Gasteiger partial charge is 0.316 e. The highest BCUT2D eigenvalue weighted by atomic mass is 16.1. The molecule has 1 atom stereocenters. The molecule has 2 heterocycles. The van der Waals surface area contributed by atoms with Gasteiger partial charge in [0.05, 0.1) is 0 Å². The van der Waals surface area contributed by atoms with Crippen LogP contribution in [0.1, 0.15) is 18.5 Å². The van der Waals surface area contributed by atoms with Crippen molar-refractivity contribution in [2.75, 3.05) is 13.1 Å². The minimum Gasteiger partial charge on any atom is -0.316 e. The summed E-state index contributed by atoms with van der Waals surface area (Å²) in [6.45, 7) is 2.23. The molecule has 1 aliphatic heterocycles. The van der Waals surface area contributed by atoms with Crippen molar-refractivity contribution in [1.29, 1.82) is 0 Å². The average Bonchev–Trinajstić information content (AvgIpc) is 2.48. The smallest absolute Gasteiger partial charge is 0.266 e. The number of hydrogen-bond donors (Lipinski definition) is 1. The summed E-state index contributed by atoms with van der Waals surface area (Å²) in [5, 5.41) is 3.40. The molecular formula is C11H19N3O. The van der Waals surface area contributed by atoms with Gasteiger partial charge < -0.3 is 5.32 Å². The van der Waals surface area contributed by atoms with Crippen molar-refractivity contribution < 1.29 is 0 Å². The second-order valence-electron chi connectivity index (χ2n) is 4.44. The van der Waals surface area contributed by atoms with Crippen molar-refractivity contribution >= 4 is 0 Å². The number of rotatable bonds is 2. The fourth-order valence-corrected chi connectivity index (χ4v) is 2.25. The zero-order valence-electron chi connectivity index (χ0n) is 9.49. The molecule has 0 bridgehead atoms. The van der Waals surface area contributed by atoms with E-state index in [1.807, 2.05) is 18.8 Å². The molecule has 1 aromatic heterocycles. The van der Waals surface area contributed by atoms with Gasteiger partial charge in [0.25, 0.3) is 5.56 Å². The van der Waals surface area contributed by atoms with Gasteiger partial charge in [-0.2, -0.15) is 0 Å². The molecule has 84 valence electrons. The Hall–Kier alpha value is -1.03. The van der Waals surface area contributed by atoms with E-state index in [-0.39, 0.29) is 5.56 Å². The van der Waals surface area contributed by atoms with Gasteiger partial charge in [-0.05, 0) is 38.3 Å². The molecule has 0 aromatic carbocycles. The van der Waals surface area contributed by atoms with Crippen LogP contribution in [0.4, 0.5) is 0 Å². The number of piperidine rings is 1. The van der Waals surface area contributed by atoms with Crippen molar-refractivity contribution in [3.63, 3.8) is 0 Å². The van der Waals surface area contributed by atoms with E-state index in [1.165, 1.54) is 12.8 Å². The maximum Gasteiger partial charge on any atom is 0.266 e. The summed E-state index contributed by atoms with van der Waals surface area (Å²) < 4.78 is 3.61. The highest BCUT2D eigenvalue weighted by Crippen LogP contribution is 2.15. The van der Waals surface area contributed by atoms with E-state index in [9.17, 15) is 4.79 Å². The molecule has 1 unspecified atom stereocenters. The van der Waals surface area contributed by atoms with E-state index >= 15 is 0 Å². The van der Waals surface area contributed by atoms with E-state index in [1.54, 1.807) is 10.7 Å². The molecule has 2 rings (SSSR count). The Balaban J connectivity index is 2.09. The molecule has 1 aromatic rings. The molecule has 1 fully saturated rings. The number of nitrogens with one attached hydrogen (secondary N) is 1. The second-order valence-corrected chi connectivity index (χ2v) is 4.44. The Morgan fingerprint density at radius 2 is 2.27 bits per heavy atom. The number of aromatic nitrogens is 2. The lowest BCUT2D eigenvalue weighted by molar-refractivity contribution is 0.366. The molecule has 15 heavy (non-hydrogen) atoms. The second kappa shape index (κ2) is 4.23. The molecule has 1 saturated heterocycles. The standard InChI is InChI=1S/C11H19N3O/c1-13-10(7-11(15)14(13)2)6-9-4-3-5-12-8-9/h7,9,12H,3-6,8H2,1-2H3. The summed E-state index contributed by atoms with van der Waals surface area (Å²) in [4.78, 5) is 11.4. The summed E-state index contributed by atoms with van der Waals surface area (Å²) in [5.74, 6) is 0.687. The van der Waals surface area contributed by atoms with E-state index < -0.39 is 0 Å². The summed E-state index contributed by atoms with van der Waals surface area (Å²) in [7, 11) is 3.76. The van der Waals surface area contributed by atoms with Crippen LogP contribution in [0.25, 0.3) is 0 Å². The van der Waals surface area contributed by atoms with Gasteiger partial charge in [0.1, 0.15) is 0 Å². The SMILES string of the molecule is Cn1c(CC2CCCNC2)cc(=O)n1C. The summed E-state index contributed by atoms with van der Waals surface area (Å²) in [6.07, 6.45) is 3.54. The molecule has 0 aliphatic carbocycles. The van der Waals surface area contributed by atoms with Crippen molar-refractivity contribution in [2.24, 2.45) is 20.0 Å². The summed E-state index contributed by atoms with van der Waals surface area (Å²) in [6, 6.07) is 1.76. The molecule has 1 N–H and O–H groups in total. The first-order valence-corrected chi connectivity index (χ1v) is 5.61. The topological polar surface area (TPSA) is 39.0 Å². The molecule has 4 nitrogen and oxygen atoms in total. The summed E-state index contributed by atoms with van der Waals surface area (Å²) in [5.41, 5.74) is 1.24. The zero-order chi connectivity index (χ0) is 10.8. The van der Waals surface area contributed by atoms with Gasteiger partial charge in [-0.15, -0.1) is 0 Å². The van der Waals surface area contributed by atoms with E-state index in [2.05, 4.69) is 5.32 Å². The number of hydrogen-bond acceptors (Lipinski definition) is 2. The lowest BCUT2D eigenvalue weighted by atomic mass is 9.95. The maximum absolute atomic E-state index is 11.4. The highest BCUT2D eigenvalue weighted by Gasteiger charge is 2.16. The lowest BCUT2D eigenvalue weighted by Crippen LogP contribution is -2.31. The Bertz CT molecular complexity index is 385. The number of nitrogens with zero attached hydrogens (tertiary/aromatic N) is 2. The monoisotopic (exact) mass is 209 g/mol. The minimum absolute atomic E-state index is 0.0938. The van der Waals surface area contributed by atoms with Crippen molar-refractivity contribution in [2.45, 2.75) is 19.3 Å². The molecule has 1 aliphatic rings. The van der Waals surface area contributed by atoms with Gasteiger partial charge >= 0.3 is 0 Å². The van der Waals surface area contributed by atoms with Gasteiger partial charge in [0, 0.05) is 25.9 Å². The normalized spacial score (nSPS) is 21.9. The Morgan fingerprint density at radius 1 is 1.47 bits per heavy atom. The Kier molecular flexibility index (Phi) is 2.95. The molecule has 0 radical (unpaired) electrons. The van der Waals surface area contributed by atoms with Crippen LogP contribution in [0.5, 0.6) is 0 Å². The van der Waals surface area contributed by atoms with E-state index in [4.69, 9.17) is 0 Å². The van der Waals surface area contributed by atoms with Crippen LogP contribution in [-0.4, -0.2) is 22.5 Å². The molecule has 0 amide bonds.